The van der Waals surface area contributed by atoms with Gasteiger partial charge in [-0.25, -0.2) is 9.69 Å². The van der Waals surface area contributed by atoms with Crippen molar-refractivity contribution in [2.45, 2.75) is 26.4 Å². The molecule has 0 bridgehead atoms. The molecule has 1 aromatic carbocycles. The lowest BCUT2D eigenvalue weighted by Crippen LogP contribution is -2.37. The molecule has 1 amide bonds. The summed E-state index contributed by atoms with van der Waals surface area (Å²) in [5, 5.41) is 14.8. The maximum absolute atomic E-state index is 13.1. The lowest BCUT2D eigenvalue weighted by Gasteiger charge is -2.28. The number of allylic oxidation sites excluding steroid dienone is 1. The second kappa shape index (κ2) is 7.66. The smallest absolute Gasteiger partial charge is 0.412 e. The van der Waals surface area contributed by atoms with Crippen molar-refractivity contribution in [3.8, 4) is 0 Å². The van der Waals surface area contributed by atoms with Gasteiger partial charge in [-0.3, -0.25) is 0 Å². The number of carbonyl (C=O) groups excluding carboxylic acids is 1. The van der Waals surface area contributed by atoms with Crippen LogP contribution in [0.2, 0.25) is 5.02 Å². The van der Waals surface area contributed by atoms with E-state index in [0.717, 1.165) is 10.9 Å². The monoisotopic (exact) mass is 440 g/mol. The predicted molar refractivity (Wildman–Crippen MR) is 120 cm³/mol. The minimum absolute atomic E-state index is 0.0722. The highest BCUT2D eigenvalue weighted by atomic mass is 35.5. The number of rotatable bonds is 2. The number of benzene rings is 1. The maximum atomic E-state index is 13.1. The van der Waals surface area contributed by atoms with E-state index in [4.69, 9.17) is 16.3 Å². The van der Waals surface area contributed by atoms with Crippen LogP contribution in [-0.2, 0) is 16.1 Å². The number of hydrogen-bond acceptors (Lipinski definition) is 5. The van der Waals surface area contributed by atoms with Gasteiger partial charge in [0.15, 0.2) is 11.4 Å². The fourth-order valence-electron chi connectivity index (χ4n) is 3.03. The third kappa shape index (κ3) is 3.86. The first-order valence-corrected chi connectivity index (χ1v) is 10.5. The summed E-state index contributed by atoms with van der Waals surface area (Å²) in [5.41, 5.74) is 1.53. The summed E-state index contributed by atoms with van der Waals surface area (Å²) in [6.45, 7) is 5.38. The lowest BCUT2D eigenvalue weighted by atomic mass is 10.1. The molecule has 6 nitrogen and oxygen atoms in total. The number of aromatic nitrogens is 2. The molecule has 154 valence electrons. The Balaban J connectivity index is 1.81. The average molecular weight is 441 g/mol. The van der Waals surface area contributed by atoms with Crippen LogP contribution in [-0.4, -0.2) is 37.0 Å². The van der Waals surface area contributed by atoms with Crippen molar-refractivity contribution < 1.29 is 14.6 Å². The molecule has 8 heteroatoms. The van der Waals surface area contributed by atoms with Gasteiger partial charge in [-0.05, 0) is 37.5 Å². The molecule has 0 unspecified atom stereocenters. The number of halogens is 1. The minimum atomic E-state index is -0.698. The summed E-state index contributed by atoms with van der Waals surface area (Å²) in [4.78, 5) is 22.9. The summed E-state index contributed by atoms with van der Waals surface area (Å²) in [5.74, 6) is -0.0722. The number of amides is 1. The predicted octanol–water partition coefficient (Wildman–Crippen LogP) is 4.90. The van der Waals surface area contributed by atoms with Crippen molar-refractivity contribution in [3.63, 3.8) is 0 Å². The molecule has 1 aliphatic heterocycles. The van der Waals surface area contributed by atoms with E-state index in [1.165, 1.54) is 16.3 Å². The van der Waals surface area contributed by atoms with Gasteiger partial charge in [0.2, 0.25) is 10.7 Å². The standard InChI is InChI=1S/C22H19ClN3O3S/c1-22(2,3)29-21(28)26-18(12-30-20(26)13-5-4-8-24-10-13)19(27)16-11-25-17-9-14(23)6-7-15(16)17/h4-12,27H,1-3H3/q-1. The van der Waals surface area contributed by atoms with Crippen molar-refractivity contribution in [1.29, 1.82) is 0 Å². The van der Waals surface area contributed by atoms with E-state index in [2.05, 4.69) is 9.97 Å². The fraction of sp³-hybridized carbons (Fsp3) is 0.182. The largest absolute Gasteiger partial charge is 0.513 e. The second-order valence-electron chi connectivity index (χ2n) is 7.67. The van der Waals surface area contributed by atoms with Gasteiger partial charge in [-0.1, -0.05) is 35.0 Å². The number of pyridine rings is 1. The molecule has 0 spiro atoms. The molecule has 0 radical (unpaired) electrons. The van der Waals surface area contributed by atoms with E-state index < -0.39 is 11.7 Å². The molecule has 1 aliphatic rings. The molecule has 3 aromatic rings. The summed E-state index contributed by atoms with van der Waals surface area (Å²) < 4.78 is 5.61. The van der Waals surface area contributed by atoms with Gasteiger partial charge >= 0.3 is 6.09 Å². The van der Waals surface area contributed by atoms with Crippen LogP contribution in [0.15, 0.2) is 54.6 Å². The Hall–Kier alpha value is -3.03. The van der Waals surface area contributed by atoms with Crippen molar-refractivity contribution >= 4 is 51.1 Å². The Kier molecular flexibility index (Phi) is 5.17. The normalized spacial score (nSPS) is 15.7. The average Bonchev–Trinajstić information content (AvgIpc) is 3.31. The Morgan fingerprint density at radius 3 is 2.77 bits per heavy atom. The van der Waals surface area contributed by atoms with Gasteiger partial charge in [0, 0.05) is 0 Å². The maximum Gasteiger partial charge on any atom is 0.412 e. The Labute approximate surface area is 183 Å². The summed E-state index contributed by atoms with van der Waals surface area (Å²) in [7, 11) is 0. The van der Waals surface area contributed by atoms with Crippen LogP contribution in [0.1, 0.15) is 31.9 Å². The van der Waals surface area contributed by atoms with E-state index in [1.807, 2.05) is 6.07 Å². The van der Waals surface area contributed by atoms with Gasteiger partial charge < -0.3 is 19.8 Å². The highest BCUT2D eigenvalue weighted by molar-refractivity contribution is 7.81. The van der Waals surface area contributed by atoms with E-state index in [9.17, 15) is 9.90 Å². The highest BCUT2D eigenvalue weighted by Crippen LogP contribution is 2.35. The van der Waals surface area contributed by atoms with Gasteiger partial charge in [0.25, 0.3) is 0 Å². The zero-order valence-corrected chi connectivity index (χ0v) is 18.2. The van der Waals surface area contributed by atoms with Gasteiger partial charge in [0.05, 0.1) is 0 Å². The van der Waals surface area contributed by atoms with Crippen LogP contribution in [0, 0.1) is 5.37 Å². The molecular weight excluding hydrogens is 422 g/mol. The summed E-state index contributed by atoms with van der Waals surface area (Å²) in [6, 6.07) is 8.89. The van der Waals surface area contributed by atoms with Crippen LogP contribution >= 0.6 is 11.6 Å². The van der Waals surface area contributed by atoms with E-state index in [-0.39, 0.29) is 5.76 Å². The van der Waals surface area contributed by atoms with Crippen LogP contribution < -0.4 is 0 Å². The van der Waals surface area contributed by atoms with Crippen molar-refractivity contribution in [1.82, 2.24) is 14.9 Å². The fourth-order valence-corrected chi connectivity index (χ4v) is 4.17. The first kappa shape index (κ1) is 20.3. The molecule has 0 aliphatic carbocycles. The highest BCUT2D eigenvalue weighted by Gasteiger charge is 2.40. The molecule has 3 heterocycles. The van der Waals surface area contributed by atoms with E-state index in [1.54, 1.807) is 69.0 Å². The number of carbonyl (C=O) groups is 1. The van der Waals surface area contributed by atoms with E-state index in [0.29, 0.717) is 27.2 Å². The number of ether oxygens (including phenoxy) is 1. The molecule has 0 atom stereocenters. The quantitative estimate of drug-likeness (QED) is 0.201. The molecular formula is C22H19ClN3O3S-. The topological polar surface area (TPSA) is 75.5 Å². The van der Waals surface area contributed by atoms with Crippen LogP contribution in [0.4, 0.5) is 4.79 Å². The van der Waals surface area contributed by atoms with Gasteiger partial charge in [-0.15, -0.1) is 29.8 Å². The number of nitrogens with zero attached hydrogens (tertiary/aromatic N) is 3. The van der Waals surface area contributed by atoms with Crippen molar-refractivity contribution in [2.75, 3.05) is 0 Å². The third-order valence-electron chi connectivity index (χ3n) is 4.29. The summed E-state index contributed by atoms with van der Waals surface area (Å²) in [6.07, 6.45) is 4.30. The number of fused-ring (bicyclic) bond motifs is 1. The number of hydrogen-bond donors (Lipinski definition) is 1. The van der Waals surface area contributed by atoms with Crippen molar-refractivity contribution in [2.24, 2.45) is 0 Å². The SMILES string of the molecule is CC(C)(C)OC(=O)N1C(=C(O)c2cn[c-]3cc(Cl)ccc23)C=[S+][C-]1c1cccnc1. The minimum Gasteiger partial charge on any atom is -0.513 e. The first-order chi connectivity index (χ1) is 14.2. The van der Waals surface area contributed by atoms with Crippen LogP contribution in [0.25, 0.3) is 16.7 Å². The molecule has 1 N–H and O–H groups in total. The molecule has 2 aromatic heterocycles. The molecule has 0 fully saturated rings. The zero-order valence-electron chi connectivity index (χ0n) is 16.6. The zero-order chi connectivity index (χ0) is 21.5. The van der Waals surface area contributed by atoms with Gasteiger partial charge in [-0.2, -0.15) is 6.07 Å². The Morgan fingerprint density at radius 2 is 2.07 bits per heavy atom. The lowest BCUT2D eigenvalue weighted by molar-refractivity contribution is 0.0366. The van der Waals surface area contributed by atoms with Gasteiger partial charge in [0.1, 0.15) is 17.1 Å². The van der Waals surface area contributed by atoms with E-state index >= 15 is 0 Å². The van der Waals surface area contributed by atoms with Crippen molar-refractivity contribution in [3.05, 3.63) is 76.1 Å². The molecule has 4 rings (SSSR count). The third-order valence-corrected chi connectivity index (χ3v) is 5.51. The summed E-state index contributed by atoms with van der Waals surface area (Å²) >= 11 is 7.36. The molecule has 30 heavy (non-hydrogen) atoms. The molecule has 0 saturated heterocycles. The number of aliphatic hydroxyl groups is 1. The molecule has 0 saturated carbocycles. The number of aliphatic hydroxyl groups excluding tert-OH is 1. The Morgan fingerprint density at radius 1 is 1.27 bits per heavy atom. The Bertz CT molecular complexity index is 1170. The first-order valence-electron chi connectivity index (χ1n) is 9.19. The van der Waals surface area contributed by atoms with Crippen LogP contribution in [0.5, 0.6) is 0 Å². The van der Waals surface area contributed by atoms with Crippen LogP contribution in [0.3, 0.4) is 0 Å². The second-order valence-corrected chi connectivity index (χ2v) is 8.96.